The van der Waals surface area contributed by atoms with E-state index in [9.17, 15) is 22.8 Å². The van der Waals surface area contributed by atoms with Crippen molar-refractivity contribution in [2.75, 3.05) is 69.8 Å². The third-order valence-electron chi connectivity index (χ3n) is 19.4. The molecule has 13 heterocycles. The number of ketones is 1. The lowest BCUT2D eigenvalue weighted by atomic mass is 10.0. The molecule has 544 valence electrons. The van der Waals surface area contributed by atoms with Gasteiger partial charge in [-0.3, -0.25) is 48.5 Å². The minimum absolute atomic E-state index is 0.0715. The zero-order valence-electron chi connectivity index (χ0n) is 59.4. The van der Waals surface area contributed by atoms with Crippen molar-refractivity contribution in [1.82, 2.24) is 94.0 Å². The number of nitrogens with zero attached hydrogens (tertiary/aromatic N) is 18. The molecule has 1 aliphatic carbocycles. The normalized spacial score (nSPS) is 14.4. The average molecular weight is 1450 g/mol. The highest BCUT2D eigenvalue weighted by Crippen LogP contribution is 2.35. The number of rotatable bonds is 18. The Bertz CT molecular complexity index is 6040. The number of Topliss-reactive ketones (excluding diaryl/α,β-unsaturated/α-hetero) is 1. The van der Waals surface area contributed by atoms with Gasteiger partial charge in [0.25, 0.3) is 0 Å². The number of carbonyl (C=O) groups excluding carboxylic acids is 3. The smallest absolute Gasteiger partial charge is 0.244 e. The van der Waals surface area contributed by atoms with Crippen molar-refractivity contribution in [2.24, 2.45) is 15.9 Å². The van der Waals surface area contributed by atoms with Gasteiger partial charge in [-0.2, -0.15) is 30.6 Å². The summed E-state index contributed by atoms with van der Waals surface area (Å²) in [5.41, 5.74) is 39.2. The first-order chi connectivity index (χ1) is 51.7. The van der Waals surface area contributed by atoms with Crippen LogP contribution in [0.25, 0.3) is 121 Å². The second-order valence-electron chi connectivity index (χ2n) is 27.4. The Morgan fingerprint density at radius 2 is 1.02 bits per heavy atom. The first-order valence-electron chi connectivity index (χ1n) is 35.4. The number of anilines is 4. The summed E-state index contributed by atoms with van der Waals surface area (Å²) in [6, 6.07) is 28.0. The van der Waals surface area contributed by atoms with Crippen LogP contribution < -0.4 is 27.7 Å². The standard InChI is InChI=1S/C20H22N6O.C19H19N7O.C19H20N6O2S.C18H18N6O/c1-12(20(27)25(2)3)10-26-11-16-18(24-26)15-5-4-13(14-6-7-22-9-14)8-17(15)23-19(16)21;20-19-18-14(10-26(24-18)11-17(27)25-7-1-2-8-25)13-4-3-12(9-16(13)22-19)15-5-6-21-23-15;20-19-16-11-25(8-7-22-28(26,27)14-2-3-14)24-18(16)15-4-1-12(9-17(15)23-19)13-5-6-21-10-13;1-11(25)3-2-8-24-10-14-17(23-24)13-5-4-12(15-6-7-20-22-15)9-16(13)21-18(14)19/h4-8,11-12H,9-10H2,1-3H3,(H2,21,23);3-6,9-10H,1-2,7-8,11H2,(H2,20,22)(H,21,23);1,4-6,9,11,14,22H,2-3,7-8,10H2,(H2,20,23);4-7,9-10H,2-3,8H2,1H3,(H2,19,21)(H,20,22). The largest absolute Gasteiger partial charge is 0.383 e. The van der Waals surface area contributed by atoms with E-state index < -0.39 is 10.0 Å². The minimum atomic E-state index is -3.19. The number of carbonyl (C=O) groups is 3. The summed E-state index contributed by atoms with van der Waals surface area (Å²) in [5, 5.41) is 39.3. The summed E-state index contributed by atoms with van der Waals surface area (Å²) < 4.78 is 33.6. The van der Waals surface area contributed by atoms with Crippen LogP contribution in [0.3, 0.4) is 0 Å². The number of H-pyrrole nitrogens is 2. The van der Waals surface area contributed by atoms with Gasteiger partial charge >= 0.3 is 0 Å². The van der Waals surface area contributed by atoms with Crippen molar-refractivity contribution in [3.05, 3.63) is 145 Å². The number of aliphatic imine (C=N–C) groups is 2. The molecule has 30 nitrogen and oxygen atoms in total. The van der Waals surface area contributed by atoms with Crippen LogP contribution in [0.4, 0.5) is 23.3 Å². The van der Waals surface area contributed by atoms with Crippen LogP contribution >= 0.6 is 0 Å². The summed E-state index contributed by atoms with van der Waals surface area (Å²) in [7, 11) is 0.334. The third kappa shape index (κ3) is 14.9. The Balaban J connectivity index is 0.000000114. The predicted molar refractivity (Wildman–Crippen MR) is 419 cm³/mol. The molecule has 3 aliphatic heterocycles. The molecule has 0 spiro atoms. The molecular formula is C76H79N25O5S. The maximum Gasteiger partial charge on any atom is 0.244 e. The fraction of sp³-hybridized carbons (Fsp3) is 0.276. The van der Waals surface area contributed by atoms with Gasteiger partial charge in [-0.1, -0.05) is 37.3 Å². The van der Waals surface area contributed by atoms with Crippen LogP contribution in [0.2, 0.25) is 0 Å². The molecular weight excluding hydrogens is 1380 g/mol. The first-order valence-corrected chi connectivity index (χ1v) is 36.9. The molecule has 2 fully saturated rings. The van der Waals surface area contributed by atoms with Gasteiger partial charge < -0.3 is 37.5 Å². The number of nitrogens with two attached hydrogens (primary N) is 4. The minimum Gasteiger partial charge on any atom is -0.383 e. The van der Waals surface area contributed by atoms with E-state index in [-0.39, 0.29) is 35.3 Å². The SMILES string of the molecule is CC(=O)CCCn1cc2c(N)nc3cc(-c4ccn[nH]4)ccc3c2n1.CC(Cn1cc2c(N)nc3cc(C4=CC=NC4)ccc3c2n1)C(=O)N(C)C.Nc1nc2cc(-c3ccn[nH]3)ccc2c2cn(CC(=O)N3CCCC3)nc12.Nc1nc2cc(C3=CC=NC3)ccc2c2nn(CCNS(=O)(=O)C3CC3)cc12. The molecule has 14 aromatic rings. The number of nitrogens with one attached hydrogen (secondary N) is 3. The Labute approximate surface area is 612 Å². The second kappa shape index (κ2) is 29.5. The molecule has 1 unspecified atom stereocenters. The summed E-state index contributed by atoms with van der Waals surface area (Å²) in [6.07, 6.45) is 23.5. The number of allylic oxidation sites excluding steroid dienone is 2. The number of aromatic nitrogens is 16. The molecule has 0 bridgehead atoms. The van der Waals surface area contributed by atoms with Gasteiger partial charge in [0.2, 0.25) is 21.8 Å². The number of pyridine rings is 4. The quantitative estimate of drug-likeness (QED) is 0.0420. The van der Waals surface area contributed by atoms with Crippen molar-refractivity contribution >= 4 is 162 Å². The van der Waals surface area contributed by atoms with Crippen LogP contribution in [-0.4, -0.2) is 180 Å². The molecule has 31 heteroatoms. The van der Waals surface area contributed by atoms with Gasteiger partial charge in [0.15, 0.2) is 5.82 Å². The number of nitrogen functional groups attached to an aromatic ring is 4. The Kier molecular flexibility index (Phi) is 19.3. The van der Waals surface area contributed by atoms with Gasteiger partial charge in [0.05, 0.1) is 87.0 Å². The van der Waals surface area contributed by atoms with Gasteiger partial charge in [0.1, 0.15) is 51.8 Å². The maximum absolute atomic E-state index is 12.4. The van der Waals surface area contributed by atoms with Gasteiger partial charge in [0, 0.05) is 134 Å². The molecule has 107 heavy (non-hydrogen) atoms. The Morgan fingerprint density at radius 1 is 0.561 bits per heavy atom. The molecule has 4 aliphatic rings. The number of hydrogen-bond acceptors (Lipinski definition) is 21. The third-order valence-corrected chi connectivity index (χ3v) is 21.3. The van der Waals surface area contributed by atoms with E-state index in [1.807, 2.05) is 145 Å². The summed E-state index contributed by atoms with van der Waals surface area (Å²) in [4.78, 5) is 65.8. The van der Waals surface area contributed by atoms with Crippen LogP contribution in [-0.2, 0) is 50.6 Å². The number of fused-ring (bicyclic) bond motifs is 12. The van der Waals surface area contributed by atoms with Crippen molar-refractivity contribution in [1.29, 1.82) is 0 Å². The lowest BCUT2D eigenvalue weighted by molar-refractivity contribution is -0.133. The van der Waals surface area contributed by atoms with Crippen molar-refractivity contribution in [3.8, 4) is 22.5 Å². The number of amides is 2. The van der Waals surface area contributed by atoms with E-state index in [0.717, 1.165) is 166 Å². The number of aromatic amines is 2. The van der Waals surface area contributed by atoms with Crippen LogP contribution in [0, 0.1) is 5.92 Å². The zero-order valence-corrected chi connectivity index (χ0v) is 60.2. The molecule has 11 N–H and O–H groups in total. The summed E-state index contributed by atoms with van der Waals surface area (Å²) in [5.74, 6) is 1.88. The van der Waals surface area contributed by atoms with E-state index >= 15 is 0 Å². The van der Waals surface area contributed by atoms with E-state index in [0.29, 0.717) is 74.5 Å². The van der Waals surface area contributed by atoms with Crippen molar-refractivity contribution < 1.29 is 22.8 Å². The van der Waals surface area contributed by atoms with Crippen LogP contribution in [0.1, 0.15) is 63.5 Å². The van der Waals surface area contributed by atoms with Crippen molar-refractivity contribution in [3.63, 3.8) is 0 Å². The second-order valence-corrected chi connectivity index (χ2v) is 29.4. The van der Waals surface area contributed by atoms with Crippen molar-refractivity contribution in [2.45, 2.75) is 83.8 Å². The molecule has 18 rings (SSSR count). The van der Waals surface area contributed by atoms with Crippen LogP contribution in [0.5, 0.6) is 0 Å². The van der Waals surface area contributed by atoms with Crippen LogP contribution in [0.15, 0.2) is 144 Å². The van der Waals surface area contributed by atoms with E-state index in [2.05, 4.69) is 76.4 Å². The highest BCUT2D eigenvalue weighted by Gasteiger charge is 2.35. The number of benzene rings is 4. The maximum atomic E-state index is 12.4. The summed E-state index contributed by atoms with van der Waals surface area (Å²) >= 11 is 0. The Morgan fingerprint density at radius 3 is 1.50 bits per heavy atom. The zero-order chi connectivity index (χ0) is 74.2. The highest BCUT2D eigenvalue weighted by atomic mass is 32.2. The topological polar surface area (TPSA) is 413 Å². The molecule has 2 amide bonds. The predicted octanol–water partition coefficient (Wildman–Crippen LogP) is 9.18. The first kappa shape index (κ1) is 70.0. The van der Waals surface area contributed by atoms with Gasteiger partial charge in [-0.15, -0.1) is 0 Å². The fourth-order valence-corrected chi connectivity index (χ4v) is 15.0. The van der Waals surface area contributed by atoms with E-state index in [1.54, 1.807) is 52.4 Å². The molecule has 1 saturated carbocycles. The van der Waals surface area contributed by atoms with Gasteiger partial charge in [-0.25, -0.2) is 33.1 Å². The lowest BCUT2D eigenvalue weighted by Gasteiger charge is -2.16. The van der Waals surface area contributed by atoms with E-state index in [4.69, 9.17) is 28.0 Å². The Hall–Kier alpha value is -12.6. The van der Waals surface area contributed by atoms with E-state index in [1.165, 1.54) is 5.57 Å². The average Bonchev–Trinajstić information content (AvgIpc) is 1.70. The monoisotopic (exact) mass is 1450 g/mol. The molecule has 0 radical (unpaired) electrons. The number of hydrogen-bond donors (Lipinski definition) is 7. The number of aryl methyl sites for hydroxylation is 1. The van der Waals surface area contributed by atoms with Gasteiger partial charge in [-0.05, 0) is 128 Å². The number of likely N-dealkylation sites (tertiary alicyclic amines) is 1. The summed E-state index contributed by atoms with van der Waals surface area (Å²) in [6.45, 7) is 8.68. The lowest BCUT2D eigenvalue weighted by Crippen LogP contribution is -2.31. The number of sulfonamides is 1. The fourth-order valence-electron chi connectivity index (χ4n) is 13.6. The molecule has 10 aromatic heterocycles. The molecule has 4 aromatic carbocycles. The highest BCUT2D eigenvalue weighted by molar-refractivity contribution is 7.90. The molecule has 1 saturated heterocycles. The molecule has 1 atom stereocenters.